The molecule has 0 radical (unpaired) electrons. The number of aryl methyl sites for hydroxylation is 1. The first-order chi connectivity index (χ1) is 8.95. The van der Waals surface area contributed by atoms with Crippen LogP contribution >= 0.6 is 0 Å². The molecule has 102 valence electrons. The van der Waals surface area contributed by atoms with Crippen LogP contribution in [0.15, 0.2) is 18.2 Å². The number of benzene rings is 1. The molecular weight excluding hydrogens is 252 g/mol. The molecule has 0 fully saturated rings. The molecule has 1 amide bonds. The third kappa shape index (κ3) is 4.34. The van der Waals surface area contributed by atoms with E-state index in [0.717, 1.165) is 10.5 Å². The summed E-state index contributed by atoms with van der Waals surface area (Å²) in [5.41, 5.74) is 1.76. The van der Waals surface area contributed by atoms with Gasteiger partial charge < -0.3 is 10.0 Å². The van der Waals surface area contributed by atoms with Gasteiger partial charge in [0.15, 0.2) is 0 Å². The number of carbonyl (C=O) groups is 1. The van der Waals surface area contributed by atoms with E-state index in [2.05, 4.69) is 11.8 Å². The minimum Gasteiger partial charge on any atom is -0.384 e. The van der Waals surface area contributed by atoms with Gasteiger partial charge in [0.2, 0.25) is 0 Å². The van der Waals surface area contributed by atoms with E-state index in [0.29, 0.717) is 11.1 Å². The molecule has 5 heteroatoms. The first kappa shape index (κ1) is 15.1. The zero-order chi connectivity index (χ0) is 14.4. The van der Waals surface area contributed by atoms with Gasteiger partial charge in [0.25, 0.3) is 12.3 Å². The van der Waals surface area contributed by atoms with Crippen LogP contribution in [0.1, 0.15) is 21.5 Å². The molecular formula is C14H15F2NO2. The van der Waals surface area contributed by atoms with Crippen molar-refractivity contribution in [1.29, 1.82) is 0 Å². The average Bonchev–Trinajstić information content (AvgIpc) is 2.36. The predicted molar refractivity (Wildman–Crippen MR) is 68.1 cm³/mol. The quantitative estimate of drug-likeness (QED) is 0.846. The van der Waals surface area contributed by atoms with Crippen LogP contribution in [0.3, 0.4) is 0 Å². The Morgan fingerprint density at radius 1 is 1.47 bits per heavy atom. The van der Waals surface area contributed by atoms with Crippen LogP contribution in [0.5, 0.6) is 0 Å². The molecule has 0 spiro atoms. The maximum Gasteiger partial charge on any atom is 0.255 e. The second-order valence-electron chi connectivity index (χ2n) is 4.07. The van der Waals surface area contributed by atoms with Crippen molar-refractivity contribution in [3.8, 4) is 11.8 Å². The maximum atomic E-state index is 12.2. The van der Waals surface area contributed by atoms with Gasteiger partial charge in [-0.05, 0) is 24.6 Å². The molecule has 0 bridgehead atoms. The van der Waals surface area contributed by atoms with E-state index in [4.69, 9.17) is 5.11 Å². The van der Waals surface area contributed by atoms with Gasteiger partial charge in [-0.3, -0.25) is 4.79 Å². The van der Waals surface area contributed by atoms with E-state index in [-0.39, 0.29) is 6.61 Å². The first-order valence-electron chi connectivity index (χ1n) is 5.69. The fourth-order valence-corrected chi connectivity index (χ4v) is 1.53. The highest BCUT2D eigenvalue weighted by atomic mass is 19.3. The molecule has 0 atom stereocenters. The number of amides is 1. The number of aliphatic hydroxyl groups excluding tert-OH is 1. The monoisotopic (exact) mass is 267 g/mol. The molecule has 3 nitrogen and oxygen atoms in total. The van der Waals surface area contributed by atoms with Gasteiger partial charge in [0.1, 0.15) is 6.61 Å². The van der Waals surface area contributed by atoms with Gasteiger partial charge in [-0.2, -0.15) is 0 Å². The summed E-state index contributed by atoms with van der Waals surface area (Å²) in [6, 6.07) is 4.82. The second kappa shape index (κ2) is 6.86. The van der Waals surface area contributed by atoms with Crippen LogP contribution in [-0.2, 0) is 0 Å². The highest BCUT2D eigenvalue weighted by Crippen LogP contribution is 2.12. The number of rotatable bonds is 3. The largest absolute Gasteiger partial charge is 0.384 e. The fourth-order valence-electron chi connectivity index (χ4n) is 1.53. The summed E-state index contributed by atoms with van der Waals surface area (Å²) < 4.78 is 24.5. The average molecular weight is 267 g/mol. The molecule has 1 aromatic rings. The van der Waals surface area contributed by atoms with Crippen LogP contribution in [-0.4, -0.2) is 42.5 Å². The van der Waals surface area contributed by atoms with Crippen molar-refractivity contribution < 1.29 is 18.7 Å². The summed E-state index contributed by atoms with van der Waals surface area (Å²) in [5, 5.41) is 8.65. The van der Waals surface area contributed by atoms with Crippen molar-refractivity contribution in [2.45, 2.75) is 13.3 Å². The normalized spacial score (nSPS) is 10.0. The standard InChI is InChI=1S/C14H15F2NO2/c1-10-5-6-12(8-11(10)4-3-7-18)14(19)17(2)9-13(15)16/h5-6,8,13,18H,7,9H2,1-2H3. The molecule has 0 aliphatic heterocycles. The lowest BCUT2D eigenvalue weighted by Crippen LogP contribution is -2.31. The Hall–Kier alpha value is -1.93. The summed E-state index contributed by atoms with van der Waals surface area (Å²) in [6.07, 6.45) is -2.56. The van der Waals surface area contributed by atoms with E-state index >= 15 is 0 Å². The molecule has 19 heavy (non-hydrogen) atoms. The first-order valence-corrected chi connectivity index (χ1v) is 5.69. The number of nitrogens with zero attached hydrogens (tertiary/aromatic N) is 1. The Morgan fingerprint density at radius 2 is 2.16 bits per heavy atom. The molecule has 0 aromatic heterocycles. The highest BCUT2D eigenvalue weighted by molar-refractivity contribution is 5.94. The topological polar surface area (TPSA) is 40.5 Å². The van der Waals surface area contributed by atoms with Gasteiger partial charge in [0.05, 0.1) is 6.54 Å². The predicted octanol–water partition coefficient (Wildman–Crippen LogP) is 1.68. The summed E-state index contributed by atoms with van der Waals surface area (Å²) in [5.74, 6) is 4.73. The van der Waals surface area contributed by atoms with E-state index in [1.54, 1.807) is 18.2 Å². The van der Waals surface area contributed by atoms with Crippen LogP contribution < -0.4 is 0 Å². The highest BCUT2D eigenvalue weighted by Gasteiger charge is 2.16. The minimum atomic E-state index is -2.56. The Bertz CT molecular complexity index is 518. The van der Waals surface area contributed by atoms with E-state index < -0.39 is 18.9 Å². The van der Waals surface area contributed by atoms with Gasteiger partial charge in [-0.25, -0.2) is 8.78 Å². The Morgan fingerprint density at radius 3 is 2.74 bits per heavy atom. The maximum absolute atomic E-state index is 12.2. The van der Waals surface area contributed by atoms with Crippen molar-refractivity contribution >= 4 is 5.91 Å². The zero-order valence-electron chi connectivity index (χ0n) is 10.8. The van der Waals surface area contributed by atoms with Crippen LogP contribution in [0, 0.1) is 18.8 Å². The van der Waals surface area contributed by atoms with E-state index in [9.17, 15) is 13.6 Å². The summed E-state index contributed by atoms with van der Waals surface area (Å²) in [7, 11) is 1.33. The van der Waals surface area contributed by atoms with Crippen molar-refractivity contribution in [2.75, 3.05) is 20.2 Å². The smallest absolute Gasteiger partial charge is 0.255 e. The molecule has 1 aromatic carbocycles. The van der Waals surface area contributed by atoms with Crippen molar-refractivity contribution in [1.82, 2.24) is 4.90 Å². The lowest BCUT2D eigenvalue weighted by Gasteiger charge is -2.16. The molecule has 0 aliphatic carbocycles. The Kier molecular flexibility index (Phi) is 5.46. The number of halogens is 2. The number of carbonyl (C=O) groups excluding carboxylic acids is 1. The molecule has 0 unspecified atom stereocenters. The van der Waals surface area contributed by atoms with Crippen LogP contribution in [0.2, 0.25) is 0 Å². The molecule has 0 saturated carbocycles. The zero-order valence-corrected chi connectivity index (χ0v) is 10.8. The molecule has 0 saturated heterocycles. The van der Waals surface area contributed by atoms with Gasteiger partial charge in [0, 0.05) is 18.2 Å². The lowest BCUT2D eigenvalue weighted by atomic mass is 10.0. The number of hydrogen-bond donors (Lipinski definition) is 1. The van der Waals surface area contributed by atoms with E-state index in [1.165, 1.54) is 7.05 Å². The summed E-state index contributed by atoms with van der Waals surface area (Å²) >= 11 is 0. The minimum absolute atomic E-state index is 0.275. The van der Waals surface area contributed by atoms with Crippen LogP contribution in [0.25, 0.3) is 0 Å². The number of alkyl halides is 2. The Balaban J connectivity index is 2.98. The molecule has 0 heterocycles. The molecule has 0 aliphatic rings. The summed E-state index contributed by atoms with van der Waals surface area (Å²) in [4.78, 5) is 12.9. The number of hydrogen-bond acceptors (Lipinski definition) is 2. The summed E-state index contributed by atoms with van der Waals surface area (Å²) in [6.45, 7) is 0.936. The van der Waals surface area contributed by atoms with Crippen molar-refractivity contribution in [3.05, 3.63) is 34.9 Å². The molecule has 1 rings (SSSR count). The van der Waals surface area contributed by atoms with E-state index in [1.807, 2.05) is 6.92 Å². The SMILES string of the molecule is Cc1ccc(C(=O)N(C)CC(F)F)cc1C#CCO. The van der Waals surface area contributed by atoms with Crippen LogP contribution in [0.4, 0.5) is 8.78 Å². The third-order valence-electron chi connectivity index (χ3n) is 2.55. The lowest BCUT2D eigenvalue weighted by molar-refractivity contribution is 0.0620. The number of aliphatic hydroxyl groups is 1. The van der Waals surface area contributed by atoms with Gasteiger partial charge in [-0.1, -0.05) is 17.9 Å². The van der Waals surface area contributed by atoms with Gasteiger partial charge in [-0.15, -0.1) is 0 Å². The third-order valence-corrected chi connectivity index (χ3v) is 2.55. The molecule has 1 N–H and O–H groups in total. The fraction of sp³-hybridized carbons (Fsp3) is 0.357. The van der Waals surface area contributed by atoms with Gasteiger partial charge >= 0.3 is 0 Å². The second-order valence-corrected chi connectivity index (χ2v) is 4.07. The Labute approximate surface area is 110 Å². The van der Waals surface area contributed by atoms with Crippen molar-refractivity contribution in [3.63, 3.8) is 0 Å². The van der Waals surface area contributed by atoms with Crippen molar-refractivity contribution in [2.24, 2.45) is 0 Å².